The van der Waals surface area contributed by atoms with E-state index in [1.807, 2.05) is 38.1 Å². The van der Waals surface area contributed by atoms with E-state index in [0.717, 1.165) is 43.0 Å². The van der Waals surface area contributed by atoms with Gasteiger partial charge in [-0.2, -0.15) is 0 Å². The molecule has 1 saturated heterocycles. The van der Waals surface area contributed by atoms with E-state index in [0.29, 0.717) is 11.6 Å². The molecule has 3 aromatic rings. The van der Waals surface area contributed by atoms with Crippen molar-refractivity contribution in [3.63, 3.8) is 0 Å². The zero-order valence-electron chi connectivity index (χ0n) is 16.8. The summed E-state index contributed by atoms with van der Waals surface area (Å²) >= 11 is 0. The largest absolute Gasteiger partial charge is 0.368 e. The monoisotopic (exact) mass is 387 g/mol. The van der Waals surface area contributed by atoms with Crippen molar-refractivity contribution in [3.8, 4) is 0 Å². The van der Waals surface area contributed by atoms with Gasteiger partial charge in [-0.15, -0.1) is 0 Å². The molecule has 1 amide bonds. The van der Waals surface area contributed by atoms with Gasteiger partial charge in [0.2, 0.25) is 5.95 Å². The van der Waals surface area contributed by atoms with Crippen LogP contribution in [0.25, 0.3) is 0 Å². The van der Waals surface area contributed by atoms with Crippen molar-refractivity contribution >= 4 is 23.2 Å². The summed E-state index contributed by atoms with van der Waals surface area (Å²) in [6, 6.07) is 18.0. The van der Waals surface area contributed by atoms with E-state index in [2.05, 4.69) is 49.4 Å². The Morgan fingerprint density at radius 3 is 2.21 bits per heavy atom. The second-order valence-electron chi connectivity index (χ2n) is 7.27. The van der Waals surface area contributed by atoms with Crippen LogP contribution in [0.4, 0.5) is 17.3 Å². The number of carbonyl (C=O) groups excluding carboxylic acids is 1. The molecule has 0 radical (unpaired) electrons. The number of benzene rings is 2. The second kappa shape index (κ2) is 8.31. The maximum absolute atomic E-state index is 12.8. The summed E-state index contributed by atoms with van der Waals surface area (Å²) in [6.45, 7) is 7.40. The number of nitrogens with one attached hydrogen (secondary N) is 1. The SMILES string of the molecule is Cc1cccc(C)c1NC(=O)c1ccnc(N2CCN(c3ccccc3)CC2)n1. The molecular weight excluding hydrogens is 362 g/mol. The van der Waals surface area contributed by atoms with Crippen molar-refractivity contribution in [3.05, 3.63) is 77.6 Å². The number of piperazine rings is 1. The molecule has 1 aromatic heterocycles. The summed E-state index contributed by atoms with van der Waals surface area (Å²) in [5, 5.41) is 3.00. The molecule has 6 nitrogen and oxygen atoms in total. The lowest BCUT2D eigenvalue weighted by Crippen LogP contribution is -2.47. The third-order valence-corrected chi connectivity index (χ3v) is 5.28. The minimum Gasteiger partial charge on any atom is -0.368 e. The van der Waals surface area contributed by atoms with Crippen LogP contribution < -0.4 is 15.1 Å². The summed E-state index contributed by atoms with van der Waals surface area (Å²) in [4.78, 5) is 26.2. The lowest BCUT2D eigenvalue weighted by Gasteiger charge is -2.36. The smallest absolute Gasteiger partial charge is 0.274 e. The molecule has 2 aromatic carbocycles. The van der Waals surface area contributed by atoms with Gasteiger partial charge in [-0.3, -0.25) is 4.79 Å². The first-order chi connectivity index (χ1) is 14.1. The molecule has 148 valence electrons. The van der Waals surface area contributed by atoms with Crippen LogP contribution in [0.5, 0.6) is 0 Å². The van der Waals surface area contributed by atoms with E-state index < -0.39 is 0 Å². The van der Waals surface area contributed by atoms with Crippen molar-refractivity contribution in [1.29, 1.82) is 0 Å². The molecule has 0 saturated carbocycles. The topological polar surface area (TPSA) is 61.4 Å². The predicted molar refractivity (Wildman–Crippen MR) is 117 cm³/mol. The van der Waals surface area contributed by atoms with E-state index >= 15 is 0 Å². The molecule has 0 aliphatic carbocycles. The number of aryl methyl sites for hydroxylation is 2. The van der Waals surface area contributed by atoms with E-state index in [1.165, 1.54) is 5.69 Å². The molecule has 29 heavy (non-hydrogen) atoms. The third-order valence-electron chi connectivity index (χ3n) is 5.28. The van der Waals surface area contributed by atoms with E-state index in [1.54, 1.807) is 12.3 Å². The van der Waals surface area contributed by atoms with Gasteiger partial charge in [0.15, 0.2) is 0 Å². The minimum absolute atomic E-state index is 0.214. The van der Waals surface area contributed by atoms with Gasteiger partial charge in [-0.25, -0.2) is 9.97 Å². The first-order valence-electron chi connectivity index (χ1n) is 9.87. The average molecular weight is 387 g/mol. The Balaban J connectivity index is 1.44. The van der Waals surface area contributed by atoms with Crippen molar-refractivity contribution in [2.45, 2.75) is 13.8 Å². The van der Waals surface area contributed by atoms with E-state index in [9.17, 15) is 4.79 Å². The van der Waals surface area contributed by atoms with Gasteiger partial charge in [0, 0.05) is 43.8 Å². The molecule has 6 heteroatoms. The summed E-state index contributed by atoms with van der Waals surface area (Å²) < 4.78 is 0. The molecule has 2 heterocycles. The number of hydrogen-bond donors (Lipinski definition) is 1. The predicted octanol–water partition coefficient (Wildman–Crippen LogP) is 3.67. The van der Waals surface area contributed by atoms with Gasteiger partial charge in [-0.05, 0) is 43.2 Å². The van der Waals surface area contributed by atoms with Crippen LogP contribution in [-0.4, -0.2) is 42.1 Å². The maximum atomic E-state index is 12.8. The molecular formula is C23H25N5O. The van der Waals surface area contributed by atoms with Gasteiger partial charge in [0.25, 0.3) is 5.91 Å². The molecule has 1 N–H and O–H groups in total. The Kier molecular flexibility index (Phi) is 5.42. The molecule has 0 spiro atoms. The van der Waals surface area contributed by atoms with Gasteiger partial charge in [0.05, 0.1) is 0 Å². The quantitative estimate of drug-likeness (QED) is 0.740. The number of para-hydroxylation sites is 2. The zero-order chi connectivity index (χ0) is 20.2. The number of nitrogens with zero attached hydrogens (tertiary/aromatic N) is 4. The van der Waals surface area contributed by atoms with E-state index in [4.69, 9.17) is 0 Å². The normalized spacial score (nSPS) is 14.0. The Hall–Kier alpha value is -3.41. The number of carbonyl (C=O) groups is 1. The number of amides is 1. The van der Waals surface area contributed by atoms with Crippen LogP contribution >= 0.6 is 0 Å². The number of rotatable bonds is 4. The molecule has 0 bridgehead atoms. The van der Waals surface area contributed by atoms with Crippen LogP contribution in [0.3, 0.4) is 0 Å². The molecule has 1 aliphatic rings. The Morgan fingerprint density at radius 1 is 0.862 bits per heavy atom. The molecule has 1 aliphatic heterocycles. The van der Waals surface area contributed by atoms with Gasteiger partial charge >= 0.3 is 0 Å². The average Bonchev–Trinajstić information content (AvgIpc) is 2.77. The zero-order valence-corrected chi connectivity index (χ0v) is 16.8. The van der Waals surface area contributed by atoms with Crippen molar-refractivity contribution in [1.82, 2.24) is 9.97 Å². The lowest BCUT2D eigenvalue weighted by atomic mass is 10.1. The minimum atomic E-state index is -0.214. The Morgan fingerprint density at radius 2 is 1.52 bits per heavy atom. The van der Waals surface area contributed by atoms with Crippen LogP contribution in [0.2, 0.25) is 0 Å². The number of hydrogen-bond acceptors (Lipinski definition) is 5. The van der Waals surface area contributed by atoms with Gasteiger partial charge in [0.1, 0.15) is 5.69 Å². The van der Waals surface area contributed by atoms with Gasteiger partial charge in [-0.1, -0.05) is 36.4 Å². The number of aromatic nitrogens is 2. The van der Waals surface area contributed by atoms with Crippen LogP contribution in [-0.2, 0) is 0 Å². The Bertz CT molecular complexity index is 977. The Labute approximate surface area is 171 Å². The highest BCUT2D eigenvalue weighted by Gasteiger charge is 2.20. The fourth-order valence-corrected chi connectivity index (χ4v) is 3.62. The second-order valence-corrected chi connectivity index (χ2v) is 7.27. The first-order valence-corrected chi connectivity index (χ1v) is 9.87. The van der Waals surface area contributed by atoms with Crippen molar-refractivity contribution < 1.29 is 4.79 Å². The van der Waals surface area contributed by atoms with Crippen LogP contribution in [0.15, 0.2) is 60.8 Å². The molecule has 0 unspecified atom stereocenters. The summed E-state index contributed by atoms with van der Waals surface area (Å²) in [5.41, 5.74) is 4.52. The van der Waals surface area contributed by atoms with Crippen LogP contribution in [0.1, 0.15) is 21.6 Å². The lowest BCUT2D eigenvalue weighted by molar-refractivity contribution is 0.102. The maximum Gasteiger partial charge on any atom is 0.274 e. The van der Waals surface area contributed by atoms with E-state index in [-0.39, 0.29) is 5.91 Å². The molecule has 1 fully saturated rings. The fourth-order valence-electron chi connectivity index (χ4n) is 3.62. The summed E-state index contributed by atoms with van der Waals surface area (Å²) in [7, 11) is 0. The molecule has 4 rings (SSSR count). The standard InChI is InChI=1S/C23H25N5O/c1-17-7-6-8-18(2)21(17)26-22(29)20-11-12-24-23(25-20)28-15-13-27(14-16-28)19-9-4-3-5-10-19/h3-12H,13-16H2,1-2H3,(H,26,29). The van der Waals surface area contributed by atoms with Crippen molar-refractivity contribution in [2.75, 3.05) is 41.3 Å². The highest BCUT2D eigenvalue weighted by atomic mass is 16.1. The highest BCUT2D eigenvalue weighted by Crippen LogP contribution is 2.21. The highest BCUT2D eigenvalue weighted by molar-refractivity contribution is 6.03. The summed E-state index contributed by atoms with van der Waals surface area (Å²) in [6.07, 6.45) is 1.66. The molecule has 0 atom stereocenters. The van der Waals surface area contributed by atoms with Crippen LogP contribution in [0, 0.1) is 13.8 Å². The summed E-state index contributed by atoms with van der Waals surface area (Å²) in [5.74, 6) is 0.390. The number of anilines is 3. The fraction of sp³-hybridized carbons (Fsp3) is 0.261. The van der Waals surface area contributed by atoms with Crippen molar-refractivity contribution in [2.24, 2.45) is 0 Å². The third kappa shape index (κ3) is 4.21. The first kappa shape index (κ1) is 18.9. The van der Waals surface area contributed by atoms with Gasteiger partial charge < -0.3 is 15.1 Å².